The van der Waals surface area contributed by atoms with Gasteiger partial charge in [-0.1, -0.05) is 13.8 Å². The van der Waals surface area contributed by atoms with Crippen molar-refractivity contribution in [3.8, 4) is 0 Å². The summed E-state index contributed by atoms with van der Waals surface area (Å²) in [6.45, 7) is 4.72. The zero-order valence-electron chi connectivity index (χ0n) is 33.6. The van der Waals surface area contributed by atoms with Crippen molar-refractivity contribution < 1.29 is 95.3 Å². The van der Waals surface area contributed by atoms with E-state index in [2.05, 4.69) is 10.6 Å². The third-order valence-electron chi connectivity index (χ3n) is 8.05. The predicted molar refractivity (Wildman–Crippen MR) is 203 cm³/mol. The average molecular weight is 840 g/mol. The molecule has 0 saturated carbocycles. The molecule has 0 aromatic heterocycles. The second-order valence-electron chi connectivity index (χ2n) is 13.7. The molecule has 22 heteroatoms. The summed E-state index contributed by atoms with van der Waals surface area (Å²) in [5.41, 5.74) is 0. The number of carbonyl (C=O) groups is 3. The molecule has 0 radical (unpaired) electrons. The molecular formula is C35H73N3O19. The summed E-state index contributed by atoms with van der Waals surface area (Å²) in [6.07, 6.45) is -9.66. The summed E-state index contributed by atoms with van der Waals surface area (Å²) in [6, 6.07) is 0. The van der Waals surface area contributed by atoms with Crippen LogP contribution in [0.1, 0.15) is 52.9 Å². The van der Waals surface area contributed by atoms with Gasteiger partial charge < -0.3 is 96.4 Å². The van der Waals surface area contributed by atoms with Crippen molar-refractivity contribution in [2.24, 2.45) is 5.92 Å². The number of aliphatic hydroxyl groups excluding tert-OH is 13. The molecule has 0 aromatic carbocycles. The van der Waals surface area contributed by atoms with Crippen LogP contribution in [0, 0.1) is 5.92 Å². The van der Waals surface area contributed by atoms with Crippen LogP contribution >= 0.6 is 0 Å². The van der Waals surface area contributed by atoms with Crippen molar-refractivity contribution >= 4 is 18.2 Å². The third kappa shape index (κ3) is 32.5. The SMILES string of the molecule is CC(C)C(O)COCC(O)C(=O)O.CC1CC(CO)O1.CNCC(O)CO.O=CCCC(=O)NCCN(CC(O)C(O)C(O)CCO)CC(O)C(O)C(O)CCO. The van der Waals surface area contributed by atoms with Crippen molar-refractivity contribution in [1.29, 1.82) is 0 Å². The number of nitrogens with zero attached hydrogens (tertiary/aromatic N) is 1. The number of hydrogen-bond acceptors (Lipinski definition) is 20. The number of likely N-dealkylation sites (N-methyl/N-ethyl adjacent to an activating group) is 1. The van der Waals surface area contributed by atoms with Gasteiger partial charge in [-0.3, -0.25) is 9.69 Å². The molecule has 11 atom stereocenters. The molecule has 1 saturated heterocycles. The summed E-state index contributed by atoms with van der Waals surface area (Å²) in [5.74, 6) is -1.64. The van der Waals surface area contributed by atoms with E-state index in [9.17, 15) is 50.1 Å². The predicted octanol–water partition coefficient (Wildman–Crippen LogP) is -6.51. The fourth-order valence-electron chi connectivity index (χ4n) is 4.42. The van der Waals surface area contributed by atoms with Gasteiger partial charge in [-0.2, -0.15) is 0 Å². The van der Waals surface area contributed by atoms with Gasteiger partial charge in [-0.05, 0) is 32.7 Å². The molecule has 16 N–H and O–H groups in total. The molecule has 1 aliphatic rings. The number of hydrogen-bond donors (Lipinski definition) is 16. The van der Waals surface area contributed by atoms with E-state index in [4.69, 9.17) is 45.2 Å². The minimum atomic E-state index is -1.58. The van der Waals surface area contributed by atoms with E-state index in [1.54, 1.807) is 7.05 Å². The smallest absolute Gasteiger partial charge is 0.334 e. The Kier molecular flexibility index (Phi) is 38.4. The van der Waals surface area contributed by atoms with Crippen LogP contribution in [0.4, 0.5) is 0 Å². The summed E-state index contributed by atoms with van der Waals surface area (Å²) in [5, 5.41) is 134. The van der Waals surface area contributed by atoms with Crippen LogP contribution in [0.15, 0.2) is 0 Å². The lowest BCUT2D eigenvalue weighted by molar-refractivity contribution is -0.150. The second-order valence-corrected chi connectivity index (χ2v) is 13.7. The van der Waals surface area contributed by atoms with E-state index in [1.165, 1.54) is 4.90 Å². The van der Waals surface area contributed by atoms with Crippen molar-refractivity contribution in [3.05, 3.63) is 0 Å². The van der Waals surface area contributed by atoms with Crippen LogP contribution in [-0.2, 0) is 23.9 Å². The van der Waals surface area contributed by atoms with Crippen LogP contribution in [-0.4, -0.2) is 241 Å². The van der Waals surface area contributed by atoms with Gasteiger partial charge in [-0.25, -0.2) is 4.79 Å². The van der Waals surface area contributed by atoms with Crippen molar-refractivity contribution in [1.82, 2.24) is 15.5 Å². The molecule has 1 rings (SSSR count). The summed E-state index contributed by atoms with van der Waals surface area (Å²) < 4.78 is 9.84. The van der Waals surface area contributed by atoms with E-state index in [0.29, 0.717) is 18.9 Å². The second kappa shape index (κ2) is 37.0. The highest BCUT2D eigenvalue weighted by Crippen LogP contribution is 2.18. The maximum atomic E-state index is 11.6. The zero-order valence-corrected chi connectivity index (χ0v) is 33.6. The lowest BCUT2D eigenvalue weighted by Gasteiger charge is -2.32. The number of carboxylic acids is 1. The number of carboxylic acid groups (broad SMARTS) is 1. The number of aliphatic carboxylic acids is 1. The largest absolute Gasteiger partial charge is 0.479 e. The van der Waals surface area contributed by atoms with Crippen LogP contribution < -0.4 is 10.6 Å². The molecule has 0 bridgehead atoms. The van der Waals surface area contributed by atoms with Gasteiger partial charge in [0.1, 0.15) is 18.5 Å². The number of aldehydes is 1. The topological polar surface area (TPSA) is 380 Å². The Bertz CT molecular complexity index is 938. The Morgan fingerprint density at radius 2 is 1.35 bits per heavy atom. The van der Waals surface area contributed by atoms with Gasteiger partial charge >= 0.3 is 5.97 Å². The number of amides is 1. The van der Waals surface area contributed by atoms with Crippen LogP contribution in [0.25, 0.3) is 0 Å². The van der Waals surface area contributed by atoms with Gasteiger partial charge in [0.25, 0.3) is 0 Å². The molecule has 342 valence electrons. The van der Waals surface area contributed by atoms with Crippen LogP contribution in [0.5, 0.6) is 0 Å². The van der Waals surface area contributed by atoms with Gasteiger partial charge in [-0.15, -0.1) is 0 Å². The highest BCUT2D eigenvalue weighted by atomic mass is 16.5. The molecule has 1 amide bonds. The van der Waals surface area contributed by atoms with E-state index >= 15 is 0 Å². The van der Waals surface area contributed by atoms with E-state index in [1.807, 2.05) is 20.8 Å². The van der Waals surface area contributed by atoms with Crippen LogP contribution in [0.3, 0.4) is 0 Å². The number of rotatable bonds is 28. The number of aliphatic hydroxyl groups is 13. The molecule has 1 fully saturated rings. The average Bonchev–Trinajstić information content (AvgIpc) is 3.15. The monoisotopic (exact) mass is 839 g/mol. The van der Waals surface area contributed by atoms with E-state index in [-0.39, 0.29) is 96.2 Å². The first-order valence-corrected chi connectivity index (χ1v) is 18.9. The third-order valence-corrected chi connectivity index (χ3v) is 8.05. The molecule has 1 aliphatic heterocycles. The number of nitrogens with one attached hydrogen (secondary N) is 2. The number of carbonyl (C=O) groups excluding carboxylic acids is 2. The van der Waals surface area contributed by atoms with Gasteiger partial charge in [0.15, 0.2) is 6.10 Å². The minimum absolute atomic E-state index is 0.00683. The van der Waals surface area contributed by atoms with E-state index in [0.717, 1.165) is 6.42 Å². The molecule has 0 aromatic rings. The lowest BCUT2D eigenvalue weighted by atomic mass is 10.0. The lowest BCUT2D eigenvalue weighted by Crippen LogP contribution is -2.51. The molecule has 1 heterocycles. The first-order valence-electron chi connectivity index (χ1n) is 18.9. The molecule has 0 aliphatic carbocycles. The molecule has 22 nitrogen and oxygen atoms in total. The quantitative estimate of drug-likeness (QED) is 0.0326. The summed E-state index contributed by atoms with van der Waals surface area (Å²) >= 11 is 0. The fraction of sp³-hybridized carbons (Fsp3) is 0.914. The highest BCUT2D eigenvalue weighted by Gasteiger charge is 2.30. The zero-order chi connectivity index (χ0) is 44.5. The van der Waals surface area contributed by atoms with Gasteiger partial charge in [0.05, 0.1) is 75.3 Å². The number of ether oxygens (including phenoxy) is 2. The highest BCUT2D eigenvalue weighted by molar-refractivity contribution is 5.78. The molecule has 57 heavy (non-hydrogen) atoms. The maximum absolute atomic E-state index is 11.6. The fourth-order valence-corrected chi connectivity index (χ4v) is 4.42. The van der Waals surface area contributed by atoms with Crippen molar-refractivity contribution in [2.75, 3.05) is 79.4 Å². The van der Waals surface area contributed by atoms with E-state index < -0.39 is 74.1 Å². The summed E-state index contributed by atoms with van der Waals surface area (Å²) in [4.78, 5) is 33.4. The Morgan fingerprint density at radius 1 is 0.842 bits per heavy atom. The van der Waals surface area contributed by atoms with Gasteiger partial charge in [0.2, 0.25) is 5.91 Å². The van der Waals surface area contributed by atoms with Crippen LogP contribution in [0.2, 0.25) is 0 Å². The molecule has 0 spiro atoms. The Hall–Kier alpha value is -2.07. The molecule has 11 unspecified atom stereocenters. The Labute approximate surface area is 334 Å². The first kappa shape index (κ1) is 59.2. The minimum Gasteiger partial charge on any atom is -0.479 e. The standard InChI is InChI=1S/C18H36N2O10.C8H16O5.C5H10O2.C4H11NO2/c21-7-1-2-16(28)19-5-6-20(10-14(26)17(29)12(24)3-8-22)11-15(27)18(30)13(25)4-9-23;1-5(2)6(9)3-13-4-7(10)8(11)12;1-4-2-5(3-6)7-4;1-5-2-4(7)3-6/h7,12-15,17-18,22-27,29-30H,1-6,8-11H2,(H,19,28);5-7,9-10H,3-4H2,1-2H3,(H,11,12);4-6H,2-3H2,1H3;4-7H,2-3H2,1H3. The first-order chi connectivity index (χ1) is 26.8. The Balaban J connectivity index is -0.000000868. The van der Waals surface area contributed by atoms with Crippen molar-refractivity contribution in [3.63, 3.8) is 0 Å². The summed E-state index contributed by atoms with van der Waals surface area (Å²) in [7, 11) is 1.72. The molecular weight excluding hydrogens is 766 g/mol. The maximum Gasteiger partial charge on any atom is 0.334 e. The van der Waals surface area contributed by atoms with Crippen molar-refractivity contribution in [2.45, 2.75) is 120 Å². The van der Waals surface area contributed by atoms with Gasteiger partial charge in [0, 0.05) is 65.2 Å². The Morgan fingerprint density at radius 3 is 1.68 bits per heavy atom. The normalized spacial score (nSPS) is 19.6.